The maximum Gasteiger partial charge on any atom is 0.338 e. The molecule has 1 aromatic heterocycles. The van der Waals surface area contributed by atoms with Crippen LogP contribution in [-0.2, 0) is 16.1 Å². The third-order valence-corrected chi connectivity index (χ3v) is 9.63. The molecule has 0 radical (unpaired) electrons. The second-order valence-electron chi connectivity index (χ2n) is 10.8. The quantitative estimate of drug-likeness (QED) is 0.126. The van der Waals surface area contributed by atoms with E-state index in [-0.39, 0.29) is 24.3 Å². The van der Waals surface area contributed by atoms with E-state index in [4.69, 9.17) is 23.9 Å². The number of thiazole rings is 1. The summed E-state index contributed by atoms with van der Waals surface area (Å²) in [5, 5.41) is 9.47. The topological polar surface area (TPSA) is 112 Å². The van der Waals surface area contributed by atoms with Gasteiger partial charge in [-0.2, -0.15) is 5.26 Å². The molecule has 5 aromatic rings. The minimum Gasteiger partial charge on any atom is -0.497 e. The maximum atomic E-state index is 14.3. The van der Waals surface area contributed by atoms with Crippen LogP contribution >= 0.6 is 33.9 Å². The molecule has 0 amide bonds. The molecule has 0 saturated heterocycles. The molecule has 0 N–H and O–H groups in total. The van der Waals surface area contributed by atoms with Crippen LogP contribution in [0.2, 0.25) is 0 Å². The van der Waals surface area contributed by atoms with E-state index < -0.39 is 12.0 Å². The van der Waals surface area contributed by atoms with E-state index in [1.54, 1.807) is 43.9 Å². The van der Waals surface area contributed by atoms with Crippen molar-refractivity contribution in [3.8, 4) is 23.3 Å². The summed E-state index contributed by atoms with van der Waals surface area (Å²) < 4.78 is 25.6. The minimum absolute atomic E-state index is 0.157. The number of nitrogens with zero attached hydrogens (tertiary/aromatic N) is 3. The number of carbonyl (C=O) groups excluding carboxylic acids is 1. The van der Waals surface area contributed by atoms with Crippen LogP contribution in [0.25, 0.3) is 11.8 Å². The fourth-order valence-electron chi connectivity index (χ4n) is 5.59. The summed E-state index contributed by atoms with van der Waals surface area (Å²) in [6, 6.07) is 29.0. The number of methoxy groups -OCH3 is 2. The van der Waals surface area contributed by atoms with Crippen LogP contribution in [0.5, 0.6) is 17.2 Å². The van der Waals surface area contributed by atoms with E-state index in [2.05, 4.69) is 28.7 Å². The first-order valence-electron chi connectivity index (χ1n) is 15.3. The third-order valence-electron chi connectivity index (χ3n) is 7.84. The Hall–Kier alpha value is -5.19. The van der Waals surface area contributed by atoms with Crippen molar-refractivity contribution in [3.05, 3.63) is 148 Å². The summed E-state index contributed by atoms with van der Waals surface area (Å²) in [6.07, 6.45) is 1.78. The average molecular weight is 784 g/mol. The number of ether oxygens (including phenoxy) is 4. The normalized spacial score (nSPS) is 14.0. The average Bonchev–Trinajstić information content (AvgIpc) is 3.44. The predicted molar refractivity (Wildman–Crippen MR) is 195 cm³/mol. The first-order chi connectivity index (χ1) is 23.9. The zero-order valence-corrected chi connectivity index (χ0v) is 29.8. The van der Waals surface area contributed by atoms with Gasteiger partial charge >= 0.3 is 5.97 Å². The molecule has 6 rings (SSSR count). The van der Waals surface area contributed by atoms with Gasteiger partial charge in [-0.1, -0.05) is 72.0 Å². The first-order valence-corrected chi connectivity index (χ1v) is 17.2. The van der Waals surface area contributed by atoms with Crippen LogP contribution in [0.1, 0.15) is 40.8 Å². The van der Waals surface area contributed by atoms with Crippen molar-refractivity contribution in [2.24, 2.45) is 4.99 Å². The summed E-state index contributed by atoms with van der Waals surface area (Å²) in [7, 11) is 3.12. The van der Waals surface area contributed by atoms with Crippen molar-refractivity contribution in [1.82, 2.24) is 4.57 Å². The zero-order chi connectivity index (χ0) is 34.5. The van der Waals surface area contributed by atoms with Gasteiger partial charge in [0.1, 0.15) is 12.4 Å². The van der Waals surface area contributed by atoms with Gasteiger partial charge in [0.05, 0.1) is 57.9 Å². The Morgan fingerprint density at radius 1 is 1.02 bits per heavy atom. The highest BCUT2D eigenvalue weighted by molar-refractivity contribution is 14.1. The van der Waals surface area contributed by atoms with Gasteiger partial charge in [0.25, 0.3) is 5.56 Å². The van der Waals surface area contributed by atoms with Gasteiger partial charge in [-0.05, 0) is 77.0 Å². The molecule has 0 spiro atoms. The fourth-order valence-corrected chi connectivity index (χ4v) is 7.37. The monoisotopic (exact) mass is 783 g/mol. The molecule has 4 aromatic carbocycles. The van der Waals surface area contributed by atoms with E-state index in [1.807, 2.05) is 78.9 Å². The van der Waals surface area contributed by atoms with Gasteiger partial charge < -0.3 is 18.9 Å². The maximum absolute atomic E-state index is 14.3. The minimum atomic E-state index is -0.829. The van der Waals surface area contributed by atoms with Crippen LogP contribution in [0.15, 0.2) is 106 Å². The highest BCUT2D eigenvalue weighted by Crippen LogP contribution is 2.37. The molecule has 0 saturated carbocycles. The van der Waals surface area contributed by atoms with Crippen molar-refractivity contribution in [2.45, 2.75) is 19.6 Å². The Labute approximate surface area is 300 Å². The van der Waals surface area contributed by atoms with Gasteiger partial charge in [-0.3, -0.25) is 9.36 Å². The largest absolute Gasteiger partial charge is 0.497 e. The Morgan fingerprint density at radius 2 is 1.80 bits per heavy atom. The SMILES string of the molecule is CCOC(=O)C1=C(c2ccccc2)N=c2s/c(=C\c3cc(I)c(OCc4ccccc4C#N)c(OC)c3)c(=O)n2[C@@H]1c1cccc(OC)c1. The molecule has 0 fully saturated rings. The number of carbonyl (C=O) groups is 1. The fraction of sp³-hybridized carbons (Fsp3) is 0.158. The summed E-state index contributed by atoms with van der Waals surface area (Å²) in [4.78, 5) is 33.4. The van der Waals surface area contributed by atoms with Crippen molar-refractivity contribution in [2.75, 3.05) is 20.8 Å². The third kappa shape index (κ3) is 6.88. The highest BCUT2D eigenvalue weighted by Gasteiger charge is 2.35. The Morgan fingerprint density at radius 3 is 2.53 bits per heavy atom. The van der Waals surface area contributed by atoms with Crippen molar-refractivity contribution in [3.63, 3.8) is 0 Å². The number of aromatic nitrogens is 1. The van der Waals surface area contributed by atoms with E-state index >= 15 is 0 Å². The summed E-state index contributed by atoms with van der Waals surface area (Å²) in [5.74, 6) is 1.03. The van der Waals surface area contributed by atoms with Crippen LogP contribution in [0.4, 0.5) is 0 Å². The summed E-state index contributed by atoms with van der Waals surface area (Å²) in [5.41, 5.74) is 3.80. The number of hydrogen-bond acceptors (Lipinski definition) is 9. The molecule has 9 nitrogen and oxygen atoms in total. The van der Waals surface area contributed by atoms with Crippen LogP contribution < -0.4 is 29.1 Å². The van der Waals surface area contributed by atoms with E-state index in [0.29, 0.717) is 49.0 Å². The molecule has 0 unspecified atom stereocenters. The lowest BCUT2D eigenvalue weighted by Gasteiger charge is -2.26. The number of fused-ring (bicyclic) bond motifs is 1. The highest BCUT2D eigenvalue weighted by atomic mass is 127. The molecule has 0 bridgehead atoms. The lowest BCUT2D eigenvalue weighted by molar-refractivity contribution is -0.138. The zero-order valence-electron chi connectivity index (χ0n) is 26.8. The number of benzene rings is 4. The summed E-state index contributed by atoms with van der Waals surface area (Å²) >= 11 is 3.40. The van der Waals surface area contributed by atoms with Gasteiger partial charge in [0.2, 0.25) is 0 Å². The van der Waals surface area contributed by atoms with Crippen molar-refractivity contribution in [1.29, 1.82) is 5.26 Å². The standard InChI is InChI=1S/C38H30IN3O6S/c1-4-47-37(44)32-33(24-11-6-5-7-12-24)41-38-42(34(32)25-15-10-16-28(20-25)45-2)36(43)31(49-38)19-23-17-29(39)35(30(18-23)46-3)48-22-27-14-9-8-13-26(27)21-40/h5-20,34H,4,22H2,1-3H3/b31-19-/t34-/m1/s1. The lowest BCUT2D eigenvalue weighted by atomic mass is 9.93. The molecule has 0 aliphatic carbocycles. The van der Waals surface area contributed by atoms with Crippen LogP contribution in [-0.4, -0.2) is 31.4 Å². The van der Waals surface area contributed by atoms with Gasteiger partial charge in [0.15, 0.2) is 16.3 Å². The predicted octanol–water partition coefficient (Wildman–Crippen LogP) is 6.01. The van der Waals surface area contributed by atoms with E-state index in [9.17, 15) is 14.9 Å². The molecule has 1 aliphatic heterocycles. The molecule has 11 heteroatoms. The van der Waals surface area contributed by atoms with Gasteiger partial charge in [-0.25, -0.2) is 9.79 Å². The van der Waals surface area contributed by atoms with Crippen LogP contribution in [0, 0.1) is 14.9 Å². The van der Waals surface area contributed by atoms with E-state index in [0.717, 1.165) is 14.7 Å². The Kier molecular flexibility index (Phi) is 10.3. The van der Waals surface area contributed by atoms with Crippen molar-refractivity contribution >= 4 is 51.7 Å². The lowest BCUT2D eigenvalue weighted by Crippen LogP contribution is -2.40. The molecule has 246 valence electrons. The number of esters is 1. The number of halogens is 1. The summed E-state index contributed by atoms with van der Waals surface area (Å²) in [6.45, 7) is 2.09. The van der Waals surface area contributed by atoms with Gasteiger partial charge in [-0.15, -0.1) is 0 Å². The molecule has 1 aliphatic rings. The second-order valence-corrected chi connectivity index (χ2v) is 13.0. The molecule has 49 heavy (non-hydrogen) atoms. The molecular formula is C38H30IN3O6S. The smallest absolute Gasteiger partial charge is 0.338 e. The van der Waals surface area contributed by atoms with E-state index in [1.165, 1.54) is 11.3 Å². The number of rotatable bonds is 10. The molecule has 2 heterocycles. The first kappa shape index (κ1) is 33.7. The van der Waals surface area contributed by atoms with Crippen molar-refractivity contribution < 1.29 is 23.7 Å². The Bertz CT molecular complexity index is 2310. The second kappa shape index (κ2) is 14.9. The Balaban J connectivity index is 1.50. The molecule has 1 atom stereocenters. The number of nitriles is 1. The number of hydrogen-bond donors (Lipinski definition) is 0. The molecular weight excluding hydrogens is 753 g/mol. The van der Waals surface area contributed by atoms with Gasteiger partial charge in [0, 0.05) is 11.1 Å². The van der Waals surface area contributed by atoms with Crippen LogP contribution in [0.3, 0.4) is 0 Å².